The van der Waals surface area contributed by atoms with Crippen LogP contribution >= 0.6 is 0 Å². The third kappa shape index (κ3) is 4.35. The third-order valence-electron chi connectivity index (χ3n) is 3.13. The van der Waals surface area contributed by atoms with E-state index in [1.165, 1.54) is 12.3 Å². The highest BCUT2D eigenvalue weighted by molar-refractivity contribution is 7.92. The van der Waals surface area contributed by atoms with Crippen LogP contribution in [0.5, 0.6) is 5.75 Å². The molecule has 0 aliphatic rings. The molecule has 1 heterocycles. The van der Waals surface area contributed by atoms with Crippen LogP contribution in [-0.2, 0) is 10.0 Å². The maximum absolute atomic E-state index is 12.4. The quantitative estimate of drug-likeness (QED) is 0.848. The molecular weight excluding hydrogens is 314 g/mol. The van der Waals surface area contributed by atoms with Crippen molar-refractivity contribution in [1.29, 1.82) is 0 Å². The summed E-state index contributed by atoms with van der Waals surface area (Å²) in [6, 6.07) is 8.38. The van der Waals surface area contributed by atoms with Crippen LogP contribution in [0, 0.1) is 6.92 Å². The molecule has 1 aromatic heterocycles. The van der Waals surface area contributed by atoms with Crippen molar-refractivity contribution in [2.75, 3.05) is 17.1 Å². The summed E-state index contributed by atoms with van der Waals surface area (Å²) >= 11 is 0. The molecule has 0 fully saturated rings. The molecule has 0 atom stereocenters. The van der Waals surface area contributed by atoms with E-state index in [4.69, 9.17) is 4.74 Å². The Bertz CT molecular complexity index is 772. The number of hydrogen-bond acceptors (Lipinski definition) is 5. The molecule has 2 aromatic rings. The normalized spacial score (nSPS) is 11.3. The summed E-state index contributed by atoms with van der Waals surface area (Å²) in [7, 11) is -2.11. The topological polar surface area (TPSA) is 80.3 Å². The molecule has 0 saturated heterocycles. The highest BCUT2D eigenvalue weighted by atomic mass is 32.2. The number of methoxy groups -OCH3 is 1. The smallest absolute Gasteiger partial charge is 0.261 e. The van der Waals surface area contributed by atoms with E-state index in [0.717, 1.165) is 5.56 Å². The van der Waals surface area contributed by atoms with Crippen molar-refractivity contribution in [3.8, 4) is 5.75 Å². The van der Waals surface area contributed by atoms with Crippen molar-refractivity contribution in [1.82, 2.24) is 4.98 Å². The van der Waals surface area contributed by atoms with Crippen molar-refractivity contribution in [3.63, 3.8) is 0 Å². The third-order valence-corrected chi connectivity index (χ3v) is 4.51. The molecule has 2 N–H and O–H groups in total. The van der Waals surface area contributed by atoms with Gasteiger partial charge in [-0.1, -0.05) is 0 Å². The number of anilines is 2. The molecule has 0 spiro atoms. The van der Waals surface area contributed by atoms with Gasteiger partial charge in [-0.25, -0.2) is 13.4 Å². The molecule has 0 bridgehead atoms. The van der Waals surface area contributed by atoms with Crippen molar-refractivity contribution in [3.05, 3.63) is 42.1 Å². The first-order valence-corrected chi connectivity index (χ1v) is 8.70. The minimum Gasteiger partial charge on any atom is -0.496 e. The maximum Gasteiger partial charge on any atom is 0.261 e. The van der Waals surface area contributed by atoms with E-state index in [0.29, 0.717) is 17.3 Å². The van der Waals surface area contributed by atoms with Gasteiger partial charge in [-0.15, -0.1) is 0 Å². The highest BCUT2D eigenvalue weighted by Crippen LogP contribution is 2.23. The molecule has 0 saturated carbocycles. The fourth-order valence-electron chi connectivity index (χ4n) is 2.07. The Morgan fingerprint density at radius 2 is 1.91 bits per heavy atom. The fraction of sp³-hybridized carbons (Fsp3) is 0.312. The molecule has 6 nitrogen and oxygen atoms in total. The average molecular weight is 335 g/mol. The van der Waals surface area contributed by atoms with Crippen LogP contribution in [-0.4, -0.2) is 26.6 Å². The number of rotatable bonds is 6. The summed E-state index contributed by atoms with van der Waals surface area (Å²) in [5.74, 6) is 1.35. The van der Waals surface area contributed by atoms with Crippen molar-refractivity contribution in [2.24, 2.45) is 0 Å². The highest BCUT2D eigenvalue weighted by Gasteiger charge is 2.15. The van der Waals surface area contributed by atoms with Crippen molar-refractivity contribution >= 4 is 21.5 Å². The molecule has 23 heavy (non-hydrogen) atoms. The van der Waals surface area contributed by atoms with E-state index in [2.05, 4.69) is 15.0 Å². The lowest BCUT2D eigenvalue weighted by molar-refractivity contribution is 0.411. The second kappa shape index (κ2) is 6.87. The Balaban J connectivity index is 2.19. The first-order chi connectivity index (χ1) is 10.8. The van der Waals surface area contributed by atoms with Gasteiger partial charge in [-0.3, -0.25) is 4.72 Å². The zero-order valence-electron chi connectivity index (χ0n) is 13.6. The predicted octanol–water partition coefficient (Wildman–Crippen LogP) is 3.02. The minimum absolute atomic E-state index is 0.181. The number of hydrogen-bond donors (Lipinski definition) is 2. The number of nitrogens with one attached hydrogen (secondary N) is 2. The van der Waals surface area contributed by atoms with Gasteiger partial charge in [0.2, 0.25) is 0 Å². The summed E-state index contributed by atoms with van der Waals surface area (Å²) in [5.41, 5.74) is 1.16. The van der Waals surface area contributed by atoms with E-state index in [9.17, 15) is 8.42 Å². The average Bonchev–Trinajstić information content (AvgIpc) is 2.48. The summed E-state index contributed by atoms with van der Waals surface area (Å²) in [4.78, 5) is 4.36. The number of ether oxygens (including phenoxy) is 1. The van der Waals surface area contributed by atoms with Crippen LogP contribution in [0.4, 0.5) is 11.5 Å². The van der Waals surface area contributed by atoms with Crippen LogP contribution in [0.2, 0.25) is 0 Å². The Labute approximate surface area is 137 Å². The molecule has 0 aliphatic heterocycles. The number of benzene rings is 1. The van der Waals surface area contributed by atoms with Gasteiger partial charge < -0.3 is 10.1 Å². The molecule has 0 unspecified atom stereocenters. The number of pyridine rings is 1. The first-order valence-electron chi connectivity index (χ1n) is 7.22. The van der Waals surface area contributed by atoms with Gasteiger partial charge in [0.1, 0.15) is 11.6 Å². The molecular formula is C16H21N3O3S. The molecule has 2 rings (SSSR count). The van der Waals surface area contributed by atoms with E-state index in [1.807, 2.05) is 13.8 Å². The summed E-state index contributed by atoms with van der Waals surface area (Å²) in [6.45, 7) is 5.81. The fourth-order valence-corrected chi connectivity index (χ4v) is 3.20. The number of aryl methyl sites for hydroxylation is 1. The van der Waals surface area contributed by atoms with Gasteiger partial charge in [0.05, 0.1) is 23.9 Å². The zero-order chi connectivity index (χ0) is 17.0. The van der Waals surface area contributed by atoms with Crippen LogP contribution < -0.4 is 14.8 Å². The van der Waals surface area contributed by atoms with Crippen molar-refractivity contribution < 1.29 is 13.2 Å². The Morgan fingerprint density at radius 1 is 1.17 bits per heavy atom. The monoisotopic (exact) mass is 335 g/mol. The largest absolute Gasteiger partial charge is 0.496 e. The summed E-state index contributed by atoms with van der Waals surface area (Å²) < 4.78 is 32.5. The van der Waals surface area contributed by atoms with Crippen LogP contribution in [0.15, 0.2) is 41.4 Å². The van der Waals surface area contributed by atoms with Crippen LogP contribution in [0.25, 0.3) is 0 Å². The number of aromatic nitrogens is 1. The van der Waals surface area contributed by atoms with Gasteiger partial charge in [0.25, 0.3) is 10.0 Å². The SMILES string of the molecule is COc1ccc(S(=O)(=O)Nc2ccc(NC(C)C)nc2)cc1C. The van der Waals surface area contributed by atoms with Crippen LogP contribution in [0.1, 0.15) is 19.4 Å². The van der Waals surface area contributed by atoms with Gasteiger partial charge >= 0.3 is 0 Å². The zero-order valence-corrected chi connectivity index (χ0v) is 14.4. The van der Waals surface area contributed by atoms with Gasteiger partial charge in [0.15, 0.2) is 0 Å². The van der Waals surface area contributed by atoms with Gasteiger partial charge in [-0.05, 0) is 56.7 Å². The Kier molecular flexibility index (Phi) is 5.10. The van der Waals surface area contributed by atoms with E-state index < -0.39 is 10.0 Å². The number of sulfonamides is 1. The Morgan fingerprint density at radius 3 is 2.43 bits per heavy atom. The first kappa shape index (κ1) is 17.1. The Hall–Kier alpha value is -2.28. The van der Waals surface area contributed by atoms with Gasteiger partial charge in [0, 0.05) is 6.04 Å². The van der Waals surface area contributed by atoms with Crippen LogP contribution in [0.3, 0.4) is 0 Å². The predicted molar refractivity (Wildman–Crippen MR) is 91.5 cm³/mol. The second-order valence-corrected chi connectivity index (χ2v) is 7.15. The lowest BCUT2D eigenvalue weighted by atomic mass is 10.2. The molecule has 0 amide bonds. The van der Waals surface area contributed by atoms with Crippen molar-refractivity contribution in [2.45, 2.75) is 31.7 Å². The lowest BCUT2D eigenvalue weighted by Crippen LogP contribution is -2.14. The van der Waals surface area contributed by atoms with E-state index in [1.54, 1.807) is 38.3 Å². The van der Waals surface area contributed by atoms with Gasteiger partial charge in [-0.2, -0.15) is 0 Å². The molecule has 7 heteroatoms. The minimum atomic E-state index is -3.66. The molecule has 0 radical (unpaired) electrons. The molecule has 124 valence electrons. The maximum atomic E-state index is 12.4. The summed E-state index contributed by atoms with van der Waals surface area (Å²) in [6.07, 6.45) is 1.48. The molecule has 1 aromatic carbocycles. The lowest BCUT2D eigenvalue weighted by Gasteiger charge is -2.12. The summed E-state index contributed by atoms with van der Waals surface area (Å²) in [5, 5.41) is 3.14. The molecule has 0 aliphatic carbocycles. The van der Waals surface area contributed by atoms with E-state index in [-0.39, 0.29) is 10.9 Å². The second-order valence-electron chi connectivity index (χ2n) is 5.47. The number of nitrogens with zero attached hydrogens (tertiary/aromatic N) is 1. The standard InChI is InChI=1S/C16H21N3O3S/c1-11(2)18-16-8-5-13(10-17-16)19-23(20,21)14-6-7-15(22-4)12(3)9-14/h5-11,19H,1-4H3,(H,17,18). The van der Waals surface area contributed by atoms with E-state index >= 15 is 0 Å².